The number of amides is 1. The minimum absolute atomic E-state index is 0.0908. The largest absolute Gasteiger partial charge is 0.492 e. The van der Waals surface area contributed by atoms with Gasteiger partial charge in [-0.25, -0.2) is 9.07 Å². The molecule has 1 atom stereocenters. The summed E-state index contributed by atoms with van der Waals surface area (Å²) in [5, 5.41) is 10.5. The molecule has 0 bridgehead atoms. The molecule has 128 valence electrons. The topological polar surface area (TPSA) is 78.3 Å². The van der Waals surface area contributed by atoms with Crippen LogP contribution in [0.1, 0.15) is 23.3 Å². The second kappa shape index (κ2) is 7.87. The van der Waals surface area contributed by atoms with E-state index in [1.54, 1.807) is 18.3 Å². The molecule has 8 heteroatoms. The molecule has 1 fully saturated rings. The zero-order valence-corrected chi connectivity index (χ0v) is 13.2. The maximum Gasteiger partial charge on any atom is 0.273 e. The number of nitrogens with zero attached hydrogens (tertiary/aromatic N) is 3. The summed E-state index contributed by atoms with van der Waals surface area (Å²) in [6.07, 6.45) is 3.66. The Balaban J connectivity index is 1.42. The van der Waals surface area contributed by atoms with Crippen LogP contribution in [-0.2, 0) is 11.3 Å². The number of aromatic nitrogens is 3. The van der Waals surface area contributed by atoms with E-state index in [4.69, 9.17) is 9.47 Å². The Hall–Kier alpha value is -2.48. The smallest absolute Gasteiger partial charge is 0.273 e. The Kier molecular flexibility index (Phi) is 5.37. The summed E-state index contributed by atoms with van der Waals surface area (Å²) in [5.41, 5.74) is 0.259. The van der Waals surface area contributed by atoms with Gasteiger partial charge < -0.3 is 14.8 Å². The van der Waals surface area contributed by atoms with Crippen molar-refractivity contribution in [1.29, 1.82) is 0 Å². The lowest BCUT2D eigenvalue weighted by atomic mass is 10.2. The number of carbonyl (C=O) groups excluding carboxylic acids is 1. The Labute approximate surface area is 138 Å². The highest BCUT2D eigenvalue weighted by Gasteiger charge is 2.17. The normalized spacial score (nSPS) is 17.0. The Morgan fingerprint density at radius 2 is 2.25 bits per heavy atom. The molecule has 1 aromatic heterocycles. The predicted octanol–water partition coefficient (Wildman–Crippen LogP) is 1.40. The fraction of sp³-hybridized carbons (Fsp3) is 0.438. The molecule has 2 aromatic rings. The Bertz CT molecular complexity index is 668. The highest BCUT2D eigenvalue weighted by atomic mass is 19.1. The van der Waals surface area contributed by atoms with Crippen molar-refractivity contribution in [3.05, 3.63) is 42.0 Å². The van der Waals surface area contributed by atoms with Gasteiger partial charge in [-0.1, -0.05) is 5.21 Å². The molecule has 1 aliphatic rings. The molecule has 0 spiro atoms. The minimum Gasteiger partial charge on any atom is -0.492 e. The molecular formula is C16H19FN4O3. The van der Waals surface area contributed by atoms with Crippen molar-refractivity contribution in [3.8, 4) is 5.75 Å². The van der Waals surface area contributed by atoms with E-state index in [1.807, 2.05) is 0 Å². The Morgan fingerprint density at radius 3 is 3.00 bits per heavy atom. The van der Waals surface area contributed by atoms with Gasteiger partial charge in [-0.3, -0.25) is 4.79 Å². The molecule has 24 heavy (non-hydrogen) atoms. The lowest BCUT2D eigenvalue weighted by Gasteiger charge is -2.09. The number of benzene rings is 1. The van der Waals surface area contributed by atoms with Crippen LogP contribution in [0.15, 0.2) is 30.5 Å². The molecule has 1 aliphatic heterocycles. The predicted molar refractivity (Wildman–Crippen MR) is 83.2 cm³/mol. The summed E-state index contributed by atoms with van der Waals surface area (Å²) in [5.74, 6) is -0.000433. The van der Waals surface area contributed by atoms with Crippen LogP contribution in [0.2, 0.25) is 0 Å². The average Bonchev–Trinajstić information content (AvgIpc) is 3.26. The molecule has 1 aromatic carbocycles. The van der Waals surface area contributed by atoms with Gasteiger partial charge in [-0.05, 0) is 37.1 Å². The van der Waals surface area contributed by atoms with Gasteiger partial charge in [0, 0.05) is 13.2 Å². The molecular weight excluding hydrogens is 315 g/mol. The van der Waals surface area contributed by atoms with Crippen molar-refractivity contribution in [2.45, 2.75) is 25.5 Å². The second-order valence-corrected chi connectivity index (χ2v) is 5.51. The first-order valence-electron chi connectivity index (χ1n) is 7.89. The fourth-order valence-electron chi connectivity index (χ4n) is 2.40. The van der Waals surface area contributed by atoms with Crippen LogP contribution in [0, 0.1) is 5.82 Å². The van der Waals surface area contributed by atoms with Crippen LogP contribution in [0.3, 0.4) is 0 Å². The first-order chi connectivity index (χ1) is 11.7. The summed E-state index contributed by atoms with van der Waals surface area (Å²) in [4.78, 5) is 12.0. The molecule has 0 saturated carbocycles. The van der Waals surface area contributed by atoms with Crippen LogP contribution >= 0.6 is 0 Å². The third-order valence-corrected chi connectivity index (χ3v) is 3.69. The standard InChI is InChI=1S/C16H19FN4O3/c17-12-3-5-13(6-4-12)24-9-7-21-11-15(19-20-21)16(22)18-10-14-2-1-8-23-14/h3-6,11,14H,1-2,7-10H2,(H,18,22)/t14-/m1/s1. The molecule has 2 heterocycles. The molecule has 3 rings (SSSR count). The van der Waals surface area contributed by atoms with Crippen LogP contribution < -0.4 is 10.1 Å². The number of nitrogens with one attached hydrogen (secondary N) is 1. The van der Waals surface area contributed by atoms with Gasteiger partial charge >= 0.3 is 0 Å². The monoisotopic (exact) mass is 334 g/mol. The lowest BCUT2D eigenvalue weighted by Crippen LogP contribution is -2.31. The Morgan fingerprint density at radius 1 is 1.42 bits per heavy atom. The van der Waals surface area contributed by atoms with Crippen molar-refractivity contribution in [2.75, 3.05) is 19.8 Å². The third-order valence-electron chi connectivity index (χ3n) is 3.69. The van der Waals surface area contributed by atoms with E-state index < -0.39 is 0 Å². The minimum atomic E-state index is -0.308. The molecule has 0 aliphatic carbocycles. The molecule has 1 amide bonds. The lowest BCUT2D eigenvalue weighted by molar-refractivity contribution is 0.0853. The first-order valence-corrected chi connectivity index (χ1v) is 7.89. The number of rotatable bonds is 7. The SMILES string of the molecule is O=C(NC[C@H]1CCCO1)c1cn(CCOc2ccc(F)cc2)nn1. The van der Waals surface area contributed by atoms with Crippen molar-refractivity contribution in [1.82, 2.24) is 20.3 Å². The molecule has 0 radical (unpaired) electrons. The molecule has 1 saturated heterocycles. The first kappa shape index (κ1) is 16.4. The summed E-state index contributed by atoms with van der Waals surface area (Å²) in [7, 11) is 0. The average molecular weight is 334 g/mol. The van der Waals surface area contributed by atoms with E-state index in [2.05, 4.69) is 15.6 Å². The fourth-order valence-corrected chi connectivity index (χ4v) is 2.40. The molecule has 1 N–H and O–H groups in total. The maximum absolute atomic E-state index is 12.8. The third kappa shape index (κ3) is 4.51. The van der Waals surface area contributed by atoms with E-state index >= 15 is 0 Å². The van der Waals surface area contributed by atoms with E-state index in [-0.39, 0.29) is 23.5 Å². The summed E-state index contributed by atoms with van der Waals surface area (Å²) in [6.45, 7) is 2.01. The van der Waals surface area contributed by atoms with Crippen LogP contribution in [0.25, 0.3) is 0 Å². The summed E-state index contributed by atoms with van der Waals surface area (Å²) < 4.78 is 25.3. The van der Waals surface area contributed by atoms with Gasteiger partial charge in [0.25, 0.3) is 5.91 Å². The van der Waals surface area contributed by atoms with Gasteiger partial charge in [0.2, 0.25) is 0 Å². The molecule has 7 nitrogen and oxygen atoms in total. The van der Waals surface area contributed by atoms with Crippen LogP contribution in [0.4, 0.5) is 4.39 Å². The number of ether oxygens (including phenoxy) is 2. The van der Waals surface area contributed by atoms with E-state index in [1.165, 1.54) is 16.8 Å². The highest BCUT2D eigenvalue weighted by Crippen LogP contribution is 2.11. The zero-order valence-electron chi connectivity index (χ0n) is 13.2. The van der Waals surface area contributed by atoms with Crippen molar-refractivity contribution < 1.29 is 18.7 Å². The van der Waals surface area contributed by atoms with Gasteiger partial charge in [-0.2, -0.15) is 0 Å². The summed E-state index contributed by atoms with van der Waals surface area (Å²) in [6, 6.07) is 5.78. The number of hydrogen-bond donors (Lipinski definition) is 1. The van der Waals surface area contributed by atoms with Crippen molar-refractivity contribution in [2.24, 2.45) is 0 Å². The zero-order chi connectivity index (χ0) is 16.8. The maximum atomic E-state index is 12.8. The van der Waals surface area contributed by atoms with Gasteiger partial charge in [0.1, 0.15) is 18.2 Å². The van der Waals surface area contributed by atoms with Gasteiger partial charge in [-0.15, -0.1) is 5.10 Å². The van der Waals surface area contributed by atoms with Crippen molar-refractivity contribution in [3.63, 3.8) is 0 Å². The van der Waals surface area contributed by atoms with Gasteiger partial charge in [0.05, 0.1) is 18.8 Å². The second-order valence-electron chi connectivity index (χ2n) is 5.51. The van der Waals surface area contributed by atoms with E-state index in [0.717, 1.165) is 19.4 Å². The summed E-state index contributed by atoms with van der Waals surface area (Å²) >= 11 is 0. The van der Waals surface area contributed by atoms with E-state index in [0.29, 0.717) is 25.4 Å². The van der Waals surface area contributed by atoms with Gasteiger partial charge in [0.15, 0.2) is 5.69 Å². The number of halogens is 1. The number of carbonyl (C=O) groups is 1. The quantitative estimate of drug-likeness (QED) is 0.828. The van der Waals surface area contributed by atoms with E-state index in [9.17, 15) is 9.18 Å². The van der Waals surface area contributed by atoms with Crippen LogP contribution in [-0.4, -0.2) is 46.8 Å². The van der Waals surface area contributed by atoms with Crippen molar-refractivity contribution >= 4 is 5.91 Å². The number of hydrogen-bond acceptors (Lipinski definition) is 5. The highest BCUT2D eigenvalue weighted by molar-refractivity contribution is 5.91. The van der Waals surface area contributed by atoms with Crippen LogP contribution in [0.5, 0.6) is 5.75 Å². The molecule has 0 unspecified atom stereocenters.